The van der Waals surface area contributed by atoms with Gasteiger partial charge in [0.2, 0.25) is 0 Å². The van der Waals surface area contributed by atoms with Gasteiger partial charge < -0.3 is 9.30 Å². The maximum atomic E-state index is 5.34. The van der Waals surface area contributed by atoms with E-state index < -0.39 is 0 Å². The standard InChI is InChI=1S/C13H12N2O/c1-4-11-5-6-12(13(7-11)16-3)15-8-10(2)14-9-15/h1,5-9H,2-3H3. The largest absolute Gasteiger partial charge is 0.495 e. The third-order valence-electron chi connectivity index (χ3n) is 2.34. The fraction of sp³-hybridized carbons (Fsp3) is 0.154. The molecule has 3 heteroatoms. The summed E-state index contributed by atoms with van der Waals surface area (Å²) in [4.78, 5) is 4.18. The summed E-state index contributed by atoms with van der Waals surface area (Å²) in [5, 5.41) is 0. The van der Waals surface area contributed by atoms with E-state index in [2.05, 4.69) is 10.9 Å². The number of hydrogen-bond acceptors (Lipinski definition) is 2. The van der Waals surface area contributed by atoms with Gasteiger partial charge in [0.25, 0.3) is 0 Å². The van der Waals surface area contributed by atoms with Gasteiger partial charge in [-0.1, -0.05) is 5.92 Å². The Hall–Kier alpha value is -2.21. The average Bonchev–Trinajstić information content (AvgIpc) is 2.74. The molecular formula is C13H12N2O. The number of hydrogen-bond donors (Lipinski definition) is 0. The van der Waals surface area contributed by atoms with Crippen molar-refractivity contribution < 1.29 is 4.74 Å². The minimum Gasteiger partial charge on any atom is -0.495 e. The molecule has 0 atom stereocenters. The van der Waals surface area contributed by atoms with Gasteiger partial charge in [-0.05, 0) is 25.1 Å². The van der Waals surface area contributed by atoms with Crippen molar-refractivity contribution in [1.82, 2.24) is 9.55 Å². The Kier molecular flexibility index (Phi) is 2.65. The predicted octanol–water partition coefficient (Wildman–Crippen LogP) is 2.17. The first-order valence-electron chi connectivity index (χ1n) is 4.90. The second-order valence-corrected chi connectivity index (χ2v) is 3.45. The van der Waals surface area contributed by atoms with Gasteiger partial charge in [-0.2, -0.15) is 0 Å². The van der Waals surface area contributed by atoms with Crippen LogP contribution in [0.3, 0.4) is 0 Å². The summed E-state index contributed by atoms with van der Waals surface area (Å²) in [6.45, 7) is 1.94. The molecule has 0 aliphatic heterocycles. The van der Waals surface area contributed by atoms with Crippen molar-refractivity contribution >= 4 is 0 Å². The molecule has 0 spiro atoms. The summed E-state index contributed by atoms with van der Waals surface area (Å²) in [5.74, 6) is 3.32. The Morgan fingerprint density at radius 1 is 1.44 bits per heavy atom. The van der Waals surface area contributed by atoms with Gasteiger partial charge in [-0.25, -0.2) is 4.98 Å². The molecule has 1 heterocycles. The summed E-state index contributed by atoms with van der Waals surface area (Å²) in [7, 11) is 1.63. The lowest BCUT2D eigenvalue weighted by Crippen LogP contribution is -1.96. The summed E-state index contributed by atoms with van der Waals surface area (Å²) in [6, 6.07) is 5.65. The van der Waals surface area contributed by atoms with Crippen LogP contribution in [0.1, 0.15) is 11.3 Å². The summed E-state index contributed by atoms with van der Waals surface area (Å²) >= 11 is 0. The summed E-state index contributed by atoms with van der Waals surface area (Å²) < 4.78 is 7.22. The molecule has 2 aromatic rings. The van der Waals surface area contributed by atoms with E-state index in [4.69, 9.17) is 11.2 Å². The van der Waals surface area contributed by atoms with Crippen molar-refractivity contribution in [2.24, 2.45) is 0 Å². The molecule has 16 heavy (non-hydrogen) atoms. The van der Waals surface area contributed by atoms with Crippen LogP contribution in [0.25, 0.3) is 5.69 Å². The Morgan fingerprint density at radius 3 is 2.81 bits per heavy atom. The predicted molar refractivity (Wildman–Crippen MR) is 62.8 cm³/mol. The highest BCUT2D eigenvalue weighted by Gasteiger charge is 2.06. The molecule has 0 N–H and O–H groups in total. The minimum atomic E-state index is 0.743. The van der Waals surface area contributed by atoms with Crippen LogP contribution in [0.4, 0.5) is 0 Å². The lowest BCUT2D eigenvalue weighted by molar-refractivity contribution is 0.412. The number of aryl methyl sites for hydroxylation is 1. The Bertz CT molecular complexity index is 549. The summed E-state index contributed by atoms with van der Waals surface area (Å²) in [6.07, 6.45) is 9.03. The van der Waals surface area contributed by atoms with E-state index in [0.29, 0.717) is 0 Å². The second kappa shape index (κ2) is 4.11. The van der Waals surface area contributed by atoms with Crippen LogP contribution >= 0.6 is 0 Å². The Morgan fingerprint density at radius 2 is 2.25 bits per heavy atom. The van der Waals surface area contributed by atoms with Crippen LogP contribution in [0.5, 0.6) is 5.75 Å². The Balaban J connectivity index is 2.53. The lowest BCUT2D eigenvalue weighted by atomic mass is 10.2. The zero-order valence-electron chi connectivity index (χ0n) is 9.27. The van der Waals surface area contributed by atoms with Crippen LogP contribution in [0.15, 0.2) is 30.7 Å². The number of benzene rings is 1. The fourth-order valence-electron chi connectivity index (χ4n) is 1.53. The van der Waals surface area contributed by atoms with E-state index >= 15 is 0 Å². The first kappa shape index (κ1) is 10.3. The van der Waals surface area contributed by atoms with Crippen LogP contribution in [-0.4, -0.2) is 16.7 Å². The maximum absolute atomic E-state index is 5.34. The highest BCUT2D eigenvalue weighted by atomic mass is 16.5. The Labute approximate surface area is 94.7 Å². The molecule has 0 bridgehead atoms. The first-order chi connectivity index (χ1) is 7.74. The van der Waals surface area contributed by atoms with Gasteiger partial charge in [-0.15, -0.1) is 6.42 Å². The van der Waals surface area contributed by atoms with Crippen molar-refractivity contribution in [2.45, 2.75) is 6.92 Å². The smallest absolute Gasteiger partial charge is 0.144 e. The van der Waals surface area contributed by atoms with Crippen LogP contribution in [0.2, 0.25) is 0 Å². The quantitative estimate of drug-likeness (QED) is 0.713. The molecule has 0 aliphatic rings. The first-order valence-corrected chi connectivity index (χ1v) is 4.90. The highest BCUT2D eigenvalue weighted by molar-refractivity contribution is 5.52. The van der Waals surface area contributed by atoms with E-state index in [9.17, 15) is 0 Å². The molecule has 0 radical (unpaired) electrons. The monoisotopic (exact) mass is 212 g/mol. The van der Waals surface area contributed by atoms with Crippen LogP contribution in [-0.2, 0) is 0 Å². The molecule has 0 saturated carbocycles. The zero-order chi connectivity index (χ0) is 11.5. The van der Waals surface area contributed by atoms with E-state index in [0.717, 1.165) is 22.7 Å². The molecule has 3 nitrogen and oxygen atoms in total. The number of terminal acetylenes is 1. The van der Waals surface area contributed by atoms with E-state index in [1.165, 1.54) is 0 Å². The van der Waals surface area contributed by atoms with Crippen molar-refractivity contribution in [3.63, 3.8) is 0 Å². The molecule has 0 fully saturated rings. The number of imidazole rings is 1. The third kappa shape index (κ3) is 1.78. The second-order valence-electron chi connectivity index (χ2n) is 3.45. The molecule has 0 saturated heterocycles. The van der Waals surface area contributed by atoms with Crippen LogP contribution in [0, 0.1) is 19.3 Å². The van der Waals surface area contributed by atoms with Gasteiger partial charge in [0.05, 0.1) is 24.8 Å². The average molecular weight is 212 g/mol. The van der Waals surface area contributed by atoms with Crippen molar-refractivity contribution in [3.8, 4) is 23.8 Å². The zero-order valence-corrected chi connectivity index (χ0v) is 9.27. The van der Waals surface area contributed by atoms with Gasteiger partial charge in [0.15, 0.2) is 0 Å². The molecule has 0 amide bonds. The highest BCUT2D eigenvalue weighted by Crippen LogP contribution is 2.23. The number of methoxy groups -OCH3 is 1. The minimum absolute atomic E-state index is 0.743. The number of ether oxygens (including phenoxy) is 1. The molecule has 1 aromatic carbocycles. The molecule has 0 aliphatic carbocycles. The van der Waals surface area contributed by atoms with Crippen LogP contribution < -0.4 is 4.74 Å². The SMILES string of the molecule is C#Cc1ccc(-n2cnc(C)c2)c(OC)c1. The van der Waals surface area contributed by atoms with Gasteiger partial charge in [-0.3, -0.25) is 0 Å². The topological polar surface area (TPSA) is 27.1 Å². The summed E-state index contributed by atoms with van der Waals surface area (Å²) in [5.41, 5.74) is 2.70. The number of aromatic nitrogens is 2. The lowest BCUT2D eigenvalue weighted by Gasteiger charge is -2.09. The normalized spacial score (nSPS) is 9.81. The van der Waals surface area contributed by atoms with Crippen molar-refractivity contribution in [3.05, 3.63) is 42.0 Å². The number of rotatable bonds is 2. The molecule has 0 unspecified atom stereocenters. The fourth-order valence-corrected chi connectivity index (χ4v) is 1.53. The van der Waals surface area contributed by atoms with Crippen molar-refractivity contribution in [2.75, 3.05) is 7.11 Å². The van der Waals surface area contributed by atoms with Gasteiger partial charge in [0.1, 0.15) is 5.75 Å². The third-order valence-corrected chi connectivity index (χ3v) is 2.34. The molecule has 1 aromatic heterocycles. The maximum Gasteiger partial charge on any atom is 0.144 e. The molecular weight excluding hydrogens is 200 g/mol. The molecule has 2 rings (SSSR count). The number of nitrogens with zero attached hydrogens (tertiary/aromatic N) is 2. The van der Waals surface area contributed by atoms with E-state index in [1.54, 1.807) is 13.4 Å². The van der Waals surface area contributed by atoms with Gasteiger partial charge >= 0.3 is 0 Å². The van der Waals surface area contributed by atoms with E-state index in [1.807, 2.05) is 35.9 Å². The van der Waals surface area contributed by atoms with E-state index in [-0.39, 0.29) is 0 Å². The van der Waals surface area contributed by atoms with Gasteiger partial charge in [0, 0.05) is 11.8 Å². The molecule has 80 valence electrons. The van der Waals surface area contributed by atoms with Crippen molar-refractivity contribution in [1.29, 1.82) is 0 Å².